The number of aromatic amines is 2. The molecule has 1 atom stereocenters. The van der Waals surface area contributed by atoms with E-state index in [4.69, 9.17) is 4.74 Å². The van der Waals surface area contributed by atoms with Crippen molar-refractivity contribution in [2.45, 2.75) is 44.4 Å². The van der Waals surface area contributed by atoms with E-state index >= 15 is 0 Å². The second-order valence-corrected chi connectivity index (χ2v) is 6.57. The maximum absolute atomic E-state index is 13.0. The summed E-state index contributed by atoms with van der Waals surface area (Å²) >= 11 is 0. The zero-order chi connectivity index (χ0) is 15.6. The minimum absolute atomic E-state index is 0.109. The average Bonchev–Trinajstić information content (AvgIpc) is 3.17. The Labute approximate surface area is 129 Å². The number of hydrogen-bond donors (Lipinski definition) is 2. The quantitative estimate of drug-likeness (QED) is 0.868. The van der Waals surface area contributed by atoms with E-state index in [1.807, 2.05) is 4.90 Å². The highest BCUT2D eigenvalue weighted by molar-refractivity contribution is 5.83. The molecule has 3 rings (SSSR count). The maximum atomic E-state index is 13.0. The molecule has 2 aliphatic rings. The Balaban J connectivity index is 1.73. The molecule has 2 N–H and O–H groups in total. The molecule has 2 heterocycles. The van der Waals surface area contributed by atoms with Crippen molar-refractivity contribution < 1.29 is 9.53 Å². The van der Waals surface area contributed by atoms with Crippen LogP contribution in [0.5, 0.6) is 0 Å². The molecule has 1 saturated heterocycles. The molecule has 1 aliphatic carbocycles. The van der Waals surface area contributed by atoms with Gasteiger partial charge in [-0.1, -0.05) is 12.8 Å². The van der Waals surface area contributed by atoms with Crippen molar-refractivity contribution in [3.8, 4) is 0 Å². The molecule has 0 aromatic carbocycles. The number of nitrogens with one attached hydrogen (secondary N) is 2. The van der Waals surface area contributed by atoms with Gasteiger partial charge in [0.2, 0.25) is 5.91 Å². The largest absolute Gasteiger partial charge is 0.384 e. The van der Waals surface area contributed by atoms with Crippen molar-refractivity contribution in [1.82, 2.24) is 20.1 Å². The van der Waals surface area contributed by atoms with Crippen LogP contribution in [0.15, 0.2) is 4.79 Å². The van der Waals surface area contributed by atoms with Crippen LogP contribution < -0.4 is 5.69 Å². The Bertz CT molecular complexity index is 573. The van der Waals surface area contributed by atoms with E-state index in [0.717, 1.165) is 45.1 Å². The molecular weight excluding hydrogens is 284 g/mol. The summed E-state index contributed by atoms with van der Waals surface area (Å²) in [6.45, 7) is 1.92. The minimum atomic E-state index is -0.338. The summed E-state index contributed by atoms with van der Waals surface area (Å²) in [4.78, 5) is 28.9. The van der Waals surface area contributed by atoms with Crippen LogP contribution in [0.3, 0.4) is 0 Å². The standard InChI is InChI=1S/C15H24N4O3/c1-22-10-15(6-2-3-7-15)13(20)19-8-4-5-11(9-19)12-16-14(21)18-17-12/h11H,2-10H2,1H3,(H2,16,17,18,21)/t11-/m0/s1. The lowest BCUT2D eigenvalue weighted by atomic mass is 9.84. The van der Waals surface area contributed by atoms with Crippen molar-refractivity contribution in [2.75, 3.05) is 26.8 Å². The molecular formula is C15H24N4O3. The van der Waals surface area contributed by atoms with Gasteiger partial charge in [0.25, 0.3) is 0 Å². The molecule has 0 unspecified atom stereocenters. The normalized spacial score (nSPS) is 24.6. The van der Waals surface area contributed by atoms with Crippen LogP contribution in [-0.2, 0) is 9.53 Å². The SMILES string of the molecule is COCC1(C(=O)N2CCC[C@H](c3n[nH]c(=O)[nH]3)C2)CCCC1. The smallest absolute Gasteiger partial charge is 0.340 e. The van der Waals surface area contributed by atoms with Crippen LogP contribution in [0.1, 0.15) is 50.3 Å². The second-order valence-electron chi connectivity index (χ2n) is 6.57. The van der Waals surface area contributed by atoms with Gasteiger partial charge >= 0.3 is 5.69 Å². The minimum Gasteiger partial charge on any atom is -0.384 e. The lowest BCUT2D eigenvalue weighted by Crippen LogP contribution is -2.48. The Hall–Kier alpha value is -1.63. The van der Waals surface area contributed by atoms with Gasteiger partial charge in [0.15, 0.2) is 0 Å². The first-order valence-corrected chi connectivity index (χ1v) is 8.07. The summed E-state index contributed by atoms with van der Waals surface area (Å²) in [5, 5.41) is 6.44. The number of carbonyl (C=O) groups excluding carboxylic acids is 1. The molecule has 122 valence electrons. The van der Waals surface area contributed by atoms with Crippen LogP contribution in [0, 0.1) is 5.41 Å². The molecule has 2 fully saturated rings. The van der Waals surface area contributed by atoms with Gasteiger partial charge in [-0.3, -0.25) is 9.78 Å². The number of hydrogen-bond acceptors (Lipinski definition) is 4. The highest BCUT2D eigenvalue weighted by Crippen LogP contribution is 2.41. The third-order valence-electron chi connectivity index (χ3n) is 5.05. The van der Waals surface area contributed by atoms with Crippen molar-refractivity contribution >= 4 is 5.91 Å². The van der Waals surface area contributed by atoms with Gasteiger partial charge in [-0.2, -0.15) is 5.10 Å². The summed E-state index contributed by atoms with van der Waals surface area (Å²) in [5.41, 5.74) is -0.625. The van der Waals surface area contributed by atoms with Gasteiger partial charge in [0.05, 0.1) is 12.0 Å². The number of methoxy groups -OCH3 is 1. The zero-order valence-electron chi connectivity index (χ0n) is 13.1. The van der Waals surface area contributed by atoms with E-state index in [-0.39, 0.29) is 22.9 Å². The predicted octanol–water partition coefficient (Wildman–Crippen LogP) is 1.01. The highest BCUT2D eigenvalue weighted by Gasteiger charge is 2.44. The Kier molecular flexibility index (Phi) is 4.33. The summed E-state index contributed by atoms with van der Waals surface area (Å²) in [7, 11) is 1.67. The number of aromatic nitrogens is 3. The molecule has 1 amide bonds. The van der Waals surface area contributed by atoms with E-state index in [0.29, 0.717) is 19.0 Å². The number of nitrogens with zero attached hydrogens (tertiary/aromatic N) is 2. The number of carbonyl (C=O) groups is 1. The number of rotatable bonds is 4. The summed E-state index contributed by atoms with van der Waals surface area (Å²) in [6, 6.07) is 0. The second kappa shape index (κ2) is 6.24. The number of amides is 1. The van der Waals surface area contributed by atoms with Crippen molar-refractivity contribution in [3.05, 3.63) is 16.3 Å². The molecule has 7 nitrogen and oxygen atoms in total. The van der Waals surface area contributed by atoms with Crippen molar-refractivity contribution in [3.63, 3.8) is 0 Å². The fourth-order valence-electron chi connectivity index (χ4n) is 3.94. The molecule has 7 heteroatoms. The summed E-state index contributed by atoms with van der Waals surface area (Å²) in [5.74, 6) is 0.988. The fourth-order valence-corrected chi connectivity index (χ4v) is 3.94. The topological polar surface area (TPSA) is 91.1 Å². The molecule has 0 spiro atoms. The van der Waals surface area contributed by atoms with Crippen molar-refractivity contribution in [2.24, 2.45) is 5.41 Å². The van der Waals surface area contributed by atoms with E-state index in [1.54, 1.807) is 7.11 Å². The van der Waals surface area contributed by atoms with Crippen LogP contribution in [-0.4, -0.2) is 52.8 Å². The van der Waals surface area contributed by atoms with Crippen molar-refractivity contribution in [1.29, 1.82) is 0 Å². The molecule has 1 aliphatic heterocycles. The molecule has 1 saturated carbocycles. The molecule has 1 aromatic heterocycles. The van der Waals surface area contributed by atoms with Crippen LogP contribution in [0.25, 0.3) is 0 Å². The monoisotopic (exact) mass is 308 g/mol. The van der Waals surface area contributed by atoms with E-state index < -0.39 is 0 Å². The Morgan fingerprint density at radius 1 is 1.41 bits per heavy atom. The van der Waals surface area contributed by atoms with Gasteiger partial charge in [0, 0.05) is 26.1 Å². The number of ether oxygens (including phenoxy) is 1. The van der Waals surface area contributed by atoms with Crippen LogP contribution in [0.4, 0.5) is 0 Å². The summed E-state index contributed by atoms with van der Waals surface area (Å²) < 4.78 is 5.34. The third kappa shape index (κ3) is 2.82. The van der Waals surface area contributed by atoms with Gasteiger partial charge < -0.3 is 9.64 Å². The molecule has 0 radical (unpaired) electrons. The highest BCUT2D eigenvalue weighted by atomic mass is 16.5. The first-order valence-electron chi connectivity index (χ1n) is 8.07. The van der Waals surface area contributed by atoms with Crippen LogP contribution in [0.2, 0.25) is 0 Å². The first-order chi connectivity index (χ1) is 10.6. The third-order valence-corrected chi connectivity index (χ3v) is 5.05. The van der Waals surface area contributed by atoms with E-state index in [9.17, 15) is 9.59 Å². The number of H-pyrrole nitrogens is 2. The fraction of sp³-hybridized carbons (Fsp3) is 0.800. The lowest BCUT2D eigenvalue weighted by Gasteiger charge is -2.38. The first kappa shape index (κ1) is 15.3. The van der Waals surface area contributed by atoms with Gasteiger partial charge in [-0.15, -0.1) is 0 Å². The summed E-state index contributed by atoms with van der Waals surface area (Å²) in [6.07, 6.45) is 5.91. The molecule has 0 bridgehead atoms. The maximum Gasteiger partial charge on any atom is 0.340 e. The van der Waals surface area contributed by atoms with E-state index in [1.165, 1.54) is 0 Å². The lowest BCUT2D eigenvalue weighted by molar-refractivity contribution is -0.146. The van der Waals surface area contributed by atoms with Crippen LogP contribution >= 0.6 is 0 Å². The Morgan fingerprint density at radius 3 is 2.82 bits per heavy atom. The number of likely N-dealkylation sites (tertiary alicyclic amines) is 1. The van der Waals surface area contributed by atoms with Gasteiger partial charge in [-0.05, 0) is 25.7 Å². The zero-order valence-corrected chi connectivity index (χ0v) is 13.1. The average molecular weight is 308 g/mol. The molecule has 1 aromatic rings. The number of piperidine rings is 1. The van der Waals surface area contributed by atoms with Gasteiger partial charge in [0.1, 0.15) is 5.82 Å². The predicted molar refractivity (Wildman–Crippen MR) is 80.5 cm³/mol. The van der Waals surface area contributed by atoms with Gasteiger partial charge in [-0.25, -0.2) is 9.89 Å². The van der Waals surface area contributed by atoms with E-state index in [2.05, 4.69) is 15.2 Å². The molecule has 22 heavy (non-hydrogen) atoms. The Morgan fingerprint density at radius 2 is 2.18 bits per heavy atom.